The van der Waals surface area contributed by atoms with Crippen LogP contribution in [-0.4, -0.2) is 124 Å². The van der Waals surface area contributed by atoms with E-state index in [1.54, 1.807) is 90.6 Å². The number of carbonyl (C=O) groups is 3. The summed E-state index contributed by atoms with van der Waals surface area (Å²) in [6, 6.07) is 3.80. The highest BCUT2D eigenvalue weighted by Gasteiger charge is 2.44. The largest absolute Gasteiger partial charge is 0.340 e. The first-order chi connectivity index (χ1) is 47.4. The maximum absolute atomic E-state index is 13.5. The highest BCUT2D eigenvalue weighted by molar-refractivity contribution is 7.87. The number of imidazole rings is 3. The molecule has 0 saturated carbocycles. The third-order valence-corrected chi connectivity index (χ3v) is 21.9. The van der Waals surface area contributed by atoms with E-state index in [2.05, 4.69) is 45.1 Å². The van der Waals surface area contributed by atoms with Crippen molar-refractivity contribution in [2.75, 3.05) is 37.1 Å². The van der Waals surface area contributed by atoms with Crippen molar-refractivity contribution >= 4 is 134 Å². The van der Waals surface area contributed by atoms with Crippen molar-refractivity contribution in [1.82, 2.24) is 55.7 Å². The van der Waals surface area contributed by atoms with E-state index in [1.807, 2.05) is 0 Å². The molecule has 0 bridgehead atoms. The summed E-state index contributed by atoms with van der Waals surface area (Å²) in [6.07, 6.45) is 4.16. The summed E-state index contributed by atoms with van der Waals surface area (Å²) in [5, 5.41) is 6.08. The van der Waals surface area contributed by atoms with Gasteiger partial charge in [-0.3, -0.25) is 14.4 Å². The lowest BCUT2D eigenvalue weighted by atomic mass is 10.1. The second-order valence-corrected chi connectivity index (χ2v) is 29.6. The van der Waals surface area contributed by atoms with Gasteiger partial charge in [0.2, 0.25) is 17.7 Å². The number of amides is 3. The lowest BCUT2D eigenvalue weighted by molar-refractivity contribution is -0.120. The van der Waals surface area contributed by atoms with Gasteiger partial charge in [-0.15, -0.1) is 34.0 Å². The Labute approximate surface area is 594 Å². The van der Waals surface area contributed by atoms with Crippen LogP contribution in [0.4, 0.5) is 30.2 Å². The molecule has 0 radical (unpaired) electrons. The van der Waals surface area contributed by atoms with Crippen LogP contribution in [0.5, 0.6) is 0 Å². The Bertz CT molecular complexity index is 4660. The number of anilines is 3. The zero-order chi connectivity index (χ0) is 75.2. The highest BCUT2D eigenvalue weighted by Crippen LogP contribution is 2.40. The third-order valence-electron chi connectivity index (χ3n) is 13.4. The predicted octanol–water partition coefficient (Wildman–Crippen LogP) is 11.4. The Morgan fingerprint density at radius 3 is 0.938 bits per heavy atom. The fraction of sp³-hybridized carbons (Fsp3) is 0.300. The smallest absolute Gasteiger partial charge is 0.280 e. The van der Waals surface area contributed by atoms with Crippen LogP contribution in [0.3, 0.4) is 0 Å². The molecule has 3 amide bonds. The molecule has 36 heteroatoms. The molecule has 6 aromatic heterocycles. The van der Waals surface area contributed by atoms with E-state index in [0.717, 1.165) is 91.6 Å². The van der Waals surface area contributed by atoms with Crippen LogP contribution in [0.15, 0.2) is 129 Å². The Morgan fingerprint density at radius 1 is 0.469 bits per heavy atom. The number of aromatic nitrogens is 6. The molecule has 12 rings (SSSR count). The van der Waals surface area contributed by atoms with Crippen LogP contribution in [0.1, 0.15) is 86.5 Å². The molecule has 24 nitrogen and oxygen atoms in total. The van der Waals surface area contributed by atoms with Crippen molar-refractivity contribution < 1.29 is 65.1 Å². The molecule has 3 fully saturated rings. The number of likely N-dealkylation sites (N-methyl/N-ethyl adjacent to an activating group) is 3. The molecule has 516 valence electrons. The summed E-state index contributed by atoms with van der Waals surface area (Å²) in [5.74, 6) is -5.77. The number of nitrogens with zero attached hydrogens (tertiary/aromatic N) is 9. The van der Waals surface area contributed by atoms with Gasteiger partial charge in [0, 0.05) is 96.7 Å². The number of rotatable bonds is 12. The molecule has 3 aromatic carbocycles. The van der Waals surface area contributed by atoms with Crippen LogP contribution in [0.25, 0.3) is 31.7 Å². The molecule has 3 aliphatic heterocycles. The van der Waals surface area contributed by atoms with Gasteiger partial charge in [-0.05, 0) is 110 Å². The summed E-state index contributed by atoms with van der Waals surface area (Å²) in [5.41, 5.74) is 1.77. The quantitative estimate of drug-likeness (QED) is 0.0666. The van der Waals surface area contributed by atoms with Gasteiger partial charge >= 0.3 is 0 Å². The van der Waals surface area contributed by atoms with Crippen LogP contribution in [0.2, 0.25) is 15.1 Å². The van der Waals surface area contributed by atoms with Gasteiger partial charge in [-0.25, -0.2) is 28.1 Å². The maximum atomic E-state index is 13.5. The first kappa shape index (κ1) is 63.8. The van der Waals surface area contributed by atoms with Crippen LogP contribution >= 0.6 is 68.8 Å². The average molecular weight is 1510 g/mol. The lowest BCUT2D eigenvalue weighted by Crippen LogP contribution is -2.55. The third kappa shape index (κ3) is 17.7. The summed E-state index contributed by atoms with van der Waals surface area (Å²) in [6.45, 7) is 0. The molecular formula is C60H69Cl3F3N15O9S6. The minimum Gasteiger partial charge on any atom is -0.340 e. The van der Waals surface area contributed by atoms with Crippen molar-refractivity contribution in [2.45, 2.75) is 77.6 Å². The summed E-state index contributed by atoms with van der Waals surface area (Å²) >= 11 is 20.3. The van der Waals surface area contributed by atoms with Gasteiger partial charge in [-0.1, -0.05) is 57.1 Å². The first-order valence-corrected chi connectivity index (χ1v) is 34.4. The number of benzene rings is 3. The first-order valence-electron chi connectivity index (χ1n) is 31.3. The summed E-state index contributed by atoms with van der Waals surface area (Å²) in [7, 11) is -5.33. The summed E-state index contributed by atoms with van der Waals surface area (Å²) in [4.78, 5) is 54.3. The second-order valence-electron chi connectivity index (χ2n) is 20.1. The molecule has 0 spiro atoms. The molecular weight excluding hydrogens is 1430 g/mol. The minimum absolute atomic E-state index is 0. The van der Waals surface area contributed by atoms with Gasteiger partial charge in [0.1, 0.15) is 35.5 Å². The zero-order valence-corrected chi connectivity index (χ0v) is 55.9. The van der Waals surface area contributed by atoms with Crippen LogP contribution in [0, 0.1) is 17.5 Å². The van der Waals surface area contributed by atoms with E-state index < -0.39 is 121 Å². The number of nitrogens with one attached hydrogen (secondary N) is 6. The van der Waals surface area contributed by atoms with Crippen molar-refractivity contribution in [3.8, 4) is 31.7 Å². The van der Waals surface area contributed by atoms with Crippen molar-refractivity contribution in [1.29, 1.82) is 0 Å². The number of carbonyl (C=O) groups excluding carboxylic acids is 3. The van der Waals surface area contributed by atoms with Crippen molar-refractivity contribution in [2.24, 2.45) is 21.1 Å². The van der Waals surface area contributed by atoms with E-state index in [-0.39, 0.29) is 69.0 Å². The minimum atomic E-state index is -4.53. The molecule has 9 heterocycles. The fourth-order valence-electron chi connectivity index (χ4n) is 8.56. The molecule has 9 aromatic rings. The number of halogens is 6. The Balaban J connectivity index is 0.000000217. The van der Waals surface area contributed by atoms with Gasteiger partial charge in [0.15, 0.2) is 0 Å². The number of thiophene rings is 3. The Hall–Kier alpha value is -6.93. The Kier molecular flexibility index (Phi) is 20.8. The average Bonchev–Trinajstić information content (AvgIpc) is 1.36. The number of hydrogen-bond acceptors (Lipinski definition) is 15. The number of aryl methyl sites for hydroxylation is 3. The monoisotopic (exact) mass is 1510 g/mol. The Morgan fingerprint density at radius 2 is 0.719 bits per heavy atom. The van der Waals surface area contributed by atoms with E-state index >= 15 is 0 Å². The molecule has 9 atom stereocenters. The van der Waals surface area contributed by atoms with Gasteiger partial charge < -0.3 is 29.7 Å². The normalized spacial score (nSPS) is 28.8. The molecule has 3 aliphatic rings. The van der Waals surface area contributed by atoms with Crippen molar-refractivity contribution in [3.63, 3.8) is 0 Å². The van der Waals surface area contributed by atoms with E-state index in [1.165, 1.54) is 36.4 Å². The lowest BCUT2D eigenvalue weighted by Gasteiger charge is -2.35. The second kappa shape index (κ2) is 31.3. The fourth-order valence-corrected chi connectivity index (χ4v) is 15.0. The molecule has 6 N–H and O–H groups in total. The maximum Gasteiger partial charge on any atom is 0.280 e. The number of hydrogen-bond donors (Lipinski definition) is 6. The molecule has 5 unspecified atom stereocenters. The van der Waals surface area contributed by atoms with Crippen molar-refractivity contribution in [3.05, 3.63) is 176 Å². The van der Waals surface area contributed by atoms with E-state index in [9.17, 15) is 52.8 Å². The SMILES string of the molecule is C.C.C.[2H]C1C([2H])(c2ccc(-c3cn(C)cn3)s2)NS(=O)(=O)N(C)C1([2H])C(=O)Nc1ccc(F)c(Cl)c1.[2H]C1[C@]([2H])(C(=O)Nc2ccc(F)c(Cl)c2)N(C)S(=O)(=O)N[C@]1([2H])c1ccc(-c2cn(C)cn2)s1.[2H]C1[C@]([2H])(c2ccc(-c3cn(C)cn3)s2)NS(=O)(=O)N(C)[C@]1([2H])C(=O)Nc1ccc(F)c(Cl)c1. The highest BCUT2D eigenvalue weighted by atomic mass is 35.5. The van der Waals surface area contributed by atoms with Crippen LogP contribution < -0.4 is 30.1 Å². The predicted molar refractivity (Wildman–Crippen MR) is 373 cm³/mol. The molecule has 0 aliphatic carbocycles. The van der Waals surface area contributed by atoms with Gasteiger partial charge in [0.25, 0.3) is 30.6 Å². The standard InChI is InChI=1S/3C19H19ClFN5O3S2.3CH4/c3*1-25-9-15(22-10-25)18-6-5-17(30-18)14-8-16(26(2)31(28,29)24-14)19(27)23-11-3-4-13(21)12(20)7-11;;;/h3*3-7,9-10,14,16,24H,8H2,1-2H3,(H,23,27);3*1H4/t2*14-,16+;;;;/m10..../s1/i3*8D,14D,16D;;;/t2*8?,14-,16+;;;;. The van der Waals surface area contributed by atoms with E-state index in [4.69, 9.17) is 47.1 Å². The van der Waals surface area contributed by atoms with E-state index in [0.29, 0.717) is 44.6 Å². The molecule has 3 saturated heterocycles. The van der Waals surface area contributed by atoms with Gasteiger partial charge in [0.05, 0.1) is 92.0 Å². The summed E-state index contributed by atoms with van der Waals surface area (Å²) < 4.78 is 210. The van der Waals surface area contributed by atoms with Crippen LogP contribution in [-0.2, 0) is 66.2 Å². The zero-order valence-electron chi connectivity index (χ0n) is 57.8. The molecule has 96 heavy (non-hydrogen) atoms. The topological polar surface area (TPSA) is 289 Å². The van der Waals surface area contributed by atoms with Gasteiger partial charge in [-0.2, -0.15) is 52.3 Å².